The van der Waals surface area contributed by atoms with Gasteiger partial charge < -0.3 is 52.0 Å². The average molecular weight is 1370 g/mol. The summed E-state index contributed by atoms with van der Waals surface area (Å²) < 4.78 is 12.5. The van der Waals surface area contributed by atoms with Crippen LogP contribution in [0.25, 0.3) is 0 Å². The van der Waals surface area contributed by atoms with E-state index < -0.39 is 70.6 Å². The number of thioether (sulfide) groups is 1. The molecule has 0 fully saturated rings. The lowest BCUT2D eigenvalue weighted by atomic mass is 9.74. The molecule has 5 rings (SSSR count). The van der Waals surface area contributed by atoms with E-state index in [1.807, 2.05) is 12.1 Å². The highest BCUT2D eigenvalue weighted by molar-refractivity contribution is 7.99. The van der Waals surface area contributed by atoms with Gasteiger partial charge in [0.2, 0.25) is 29.5 Å². The summed E-state index contributed by atoms with van der Waals surface area (Å²) in [5.41, 5.74) is 8.66. The Hall–Kier alpha value is -8.85. The molecule has 0 aliphatic heterocycles. The first kappa shape index (κ1) is 79.8. The van der Waals surface area contributed by atoms with Gasteiger partial charge in [0.15, 0.2) is 11.6 Å². The highest BCUT2D eigenvalue weighted by atomic mass is 32.2. The lowest BCUT2D eigenvalue weighted by Gasteiger charge is -2.33. The van der Waals surface area contributed by atoms with Gasteiger partial charge in [0.05, 0.1) is 12.3 Å². The minimum atomic E-state index is -1.33. The van der Waals surface area contributed by atoms with Gasteiger partial charge >= 0.3 is 11.9 Å². The molecule has 0 heterocycles. The highest BCUT2D eigenvalue weighted by Crippen LogP contribution is 2.36. The van der Waals surface area contributed by atoms with Crippen LogP contribution in [0.1, 0.15) is 203 Å². The molecule has 5 aromatic rings. The van der Waals surface area contributed by atoms with Crippen LogP contribution in [-0.4, -0.2) is 113 Å². The van der Waals surface area contributed by atoms with E-state index in [0.29, 0.717) is 58.8 Å². The van der Waals surface area contributed by atoms with Crippen molar-refractivity contribution in [2.75, 3.05) is 44.2 Å². The summed E-state index contributed by atoms with van der Waals surface area (Å²) in [5, 5.41) is 33.1. The van der Waals surface area contributed by atoms with Crippen molar-refractivity contribution < 1.29 is 67.6 Å². The van der Waals surface area contributed by atoms with Crippen molar-refractivity contribution in [1.82, 2.24) is 26.6 Å². The molecule has 0 aliphatic rings. The van der Waals surface area contributed by atoms with Gasteiger partial charge in [-0.25, -0.2) is 0 Å². The number of carboxylic acid groups (broad SMARTS) is 2. The molecule has 98 heavy (non-hydrogen) atoms. The number of benzene rings is 5. The number of hydrogen-bond acceptors (Lipinski definition) is 13. The number of amides is 6. The van der Waals surface area contributed by atoms with Crippen LogP contribution in [0.3, 0.4) is 0 Å². The third kappa shape index (κ3) is 29.9. The minimum absolute atomic E-state index is 0.00366. The summed E-state index contributed by atoms with van der Waals surface area (Å²) in [7, 11) is 0. The first-order valence-corrected chi connectivity index (χ1v) is 35.8. The molecule has 21 heteroatoms. The number of carbonyl (C=O) groups is 10. The lowest BCUT2D eigenvalue weighted by molar-refractivity contribution is -0.144. The van der Waals surface area contributed by atoms with Crippen molar-refractivity contribution in [1.29, 1.82) is 0 Å². The van der Waals surface area contributed by atoms with Crippen LogP contribution in [0.5, 0.6) is 11.5 Å². The van der Waals surface area contributed by atoms with Gasteiger partial charge in [-0.1, -0.05) is 214 Å². The topological polar surface area (TPSA) is 316 Å². The molecule has 0 aliphatic carbocycles. The van der Waals surface area contributed by atoms with Crippen molar-refractivity contribution in [2.45, 2.75) is 163 Å². The zero-order valence-corrected chi connectivity index (χ0v) is 58.3. The molecule has 0 saturated heterocycles. The summed E-state index contributed by atoms with van der Waals surface area (Å²) in [4.78, 5) is 130. The molecular weight excluding hydrogens is 1260 g/mol. The predicted octanol–water partition coefficient (Wildman–Crippen LogP) is 11.8. The number of hydrogen-bond donors (Lipinski definition) is 8. The van der Waals surface area contributed by atoms with Crippen molar-refractivity contribution in [2.24, 2.45) is 34.8 Å². The highest BCUT2D eigenvalue weighted by Gasteiger charge is 2.40. The number of ether oxygens (including phenoxy) is 2. The molecule has 530 valence electrons. The molecule has 5 atom stereocenters. The molecule has 0 saturated carbocycles. The number of nitrogens with two attached hydrogens (primary N) is 1. The van der Waals surface area contributed by atoms with E-state index in [2.05, 4.69) is 33.5 Å². The monoisotopic (exact) mass is 1370 g/mol. The Bertz CT molecular complexity index is 3220. The van der Waals surface area contributed by atoms with Crippen molar-refractivity contribution >= 4 is 70.7 Å². The van der Waals surface area contributed by atoms with Gasteiger partial charge in [-0.15, -0.1) is 0 Å². The summed E-state index contributed by atoms with van der Waals surface area (Å²) in [5.74, 6) is -7.08. The molecule has 0 aromatic heterocycles. The number of nitrogens with one attached hydrogen (secondary N) is 5. The Morgan fingerprint density at radius 3 is 1.43 bits per heavy atom. The van der Waals surface area contributed by atoms with Crippen LogP contribution >= 0.6 is 11.8 Å². The quantitative estimate of drug-likeness (QED) is 0.0133. The fourth-order valence-electron chi connectivity index (χ4n) is 11.4. The molecule has 0 spiro atoms. The number of ketones is 2. The number of primary amides is 1. The molecule has 0 bridgehead atoms. The first-order chi connectivity index (χ1) is 47.2. The van der Waals surface area contributed by atoms with E-state index in [1.54, 1.807) is 129 Å². The molecule has 9 N–H and O–H groups in total. The molecule has 5 aromatic carbocycles. The molecule has 20 nitrogen and oxygen atoms in total. The minimum Gasteiger partial charge on any atom is -0.489 e. The van der Waals surface area contributed by atoms with Crippen molar-refractivity contribution in [3.05, 3.63) is 166 Å². The van der Waals surface area contributed by atoms with Gasteiger partial charge in [-0.2, -0.15) is 11.8 Å². The van der Waals surface area contributed by atoms with E-state index in [-0.39, 0.29) is 100 Å². The predicted molar refractivity (Wildman–Crippen MR) is 381 cm³/mol. The standard InChI is InChI=1S/C77H102N6O14S/c1-5-6-7-8-9-10-11-12-13-14-15-18-29-62(75(93)94)47-67(84)79-38-23-41-83-76(95)77(4,49-55(3)73(91)81-40-24-39-80-72(90)54(2)44-68(85)86)50-64(71(78)89)53-98-43-42-82-74(92)63-45-65(96-51-56-30-34-60(35-31-56)69(87)58-25-19-16-20-26-58)48-66(46-63)97-52-57-32-36-61(37-33-57)70(88)59-27-21-17-22-28-59/h16-17,19-22,25-28,30-37,45-46,48,54-55,62,64H,5-15,18,23-24,29,38-44,47,49-53H2,1-4H3,(H2,78,89)(H,79,84)(H,80,90)(H,81,91)(H,82,92)(H,83,95)(H,85,86)(H,93,94). The van der Waals surface area contributed by atoms with Gasteiger partial charge in [-0.05, 0) is 55.4 Å². The Kier molecular flexibility index (Phi) is 36.0. The molecule has 0 radical (unpaired) electrons. The normalized spacial score (nSPS) is 12.9. The van der Waals surface area contributed by atoms with Crippen LogP contribution in [0, 0.1) is 29.1 Å². The van der Waals surface area contributed by atoms with Crippen LogP contribution in [-0.2, 0) is 46.8 Å². The van der Waals surface area contributed by atoms with E-state index >= 15 is 0 Å². The number of aliphatic carboxylic acids is 2. The van der Waals surface area contributed by atoms with Crippen LogP contribution in [0.2, 0.25) is 0 Å². The van der Waals surface area contributed by atoms with Gasteiger partial charge in [0, 0.05) is 108 Å². The summed E-state index contributed by atoms with van der Waals surface area (Å²) >= 11 is 1.34. The largest absolute Gasteiger partial charge is 0.489 e. The maximum absolute atomic E-state index is 14.3. The van der Waals surface area contributed by atoms with Crippen molar-refractivity contribution in [3.8, 4) is 11.5 Å². The zero-order valence-electron chi connectivity index (χ0n) is 57.5. The van der Waals surface area contributed by atoms with E-state index in [9.17, 15) is 53.1 Å². The second-order valence-corrected chi connectivity index (χ2v) is 26.8. The lowest BCUT2D eigenvalue weighted by Crippen LogP contribution is -2.45. The first-order valence-electron chi connectivity index (χ1n) is 34.6. The average Bonchev–Trinajstić information content (AvgIpc) is 0.878. The van der Waals surface area contributed by atoms with Crippen LogP contribution in [0.4, 0.5) is 0 Å². The SMILES string of the molecule is CCCCCCCCCCCCCCC(CC(=O)NCCCNC(=O)C(C)(CC(C)C(=O)NCCCNC(=O)C(C)CC(=O)O)CC(CSCCNC(=O)c1cc(OCc2ccc(C(=O)c3ccccc3)cc2)cc(OCc2ccc(C(=O)c3ccccc3)cc2)c1)C(N)=O)C(=O)O. The summed E-state index contributed by atoms with van der Waals surface area (Å²) in [6.07, 6.45) is 14.4. The fraction of sp³-hybridized carbons (Fsp3) is 0.481. The number of unbranched alkanes of at least 4 members (excludes halogenated alkanes) is 11. The van der Waals surface area contributed by atoms with Crippen molar-refractivity contribution in [3.63, 3.8) is 0 Å². The maximum Gasteiger partial charge on any atom is 0.307 e. The van der Waals surface area contributed by atoms with E-state index in [1.165, 1.54) is 70.1 Å². The smallest absolute Gasteiger partial charge is 0.307 e. The third-order valence-corrected chi connectivity index (χ3v) is 18.3. The Labute approximate surface area is 581 Å². The van der Waals surface area contributed by atoms with E-state index in [4.69, 9.17) is 20.3 Å². The Balaban J connectivity index is 1.18. The summed E-state index contributed by atoms with van der Waals surface area (Å²) in [6.45, 7) is 8.05. The van der Waals surface area contributed by atoms with Gasteiger partial charge in [0.1, 0.15) is 24.7 Å². The van der Waals surface area contributed by atoms with Gasteiger partial charge in [0.25, 0.3) is 5.91 Å². The third-order valence-electron chi connectivity index (χ3n) is 17.2. The Morgan fingerprint density at radius 1 is 0.490 bits per heavy atom. The van der Waals surface area contributed by atoms with Gasteiger partial charge in [-0.3, -0.25) is 47.9 Å². The molecule has 6 amide bonds. The maximum atomic E-state index is 14.3. The summed E-state index contributed by atoms with van der Waals surface area (Å²) in [6, 6.07) is 36.9. The Morgan fingerprint density at radius 2 is 0.949 bits per heavy atom. The molecule has 5 unspecified atom stereocenters. The van der Waals surface area contributed by atoms with E-state index in [0.717, 1.165) is 36.8 Å². The fourth-order valence-corrected chi connectivity index (χ4v) is 12.4. The van der Waals surface area contributed by atoms with Crippen LogP contribution < -0.4 is 41.8 Å². The molecular formula is C77H102N6O14S. The second kappa shape index (κ2) is 44.1. The second-order valence-electron chi connectivity index (χ2n) is 25.7. The number of carboxylic acids is 2. The van der Waals surface area contributed by atoms with Crippen LogP contribution in [0.15, 0.2) is 127 Å². The number of carbonyl (C=O) groups excluding carboxylic acids is 8. The number of rotatable bonds is 50. The zero-order chi connectivity index (χ0) is 71.1.